The highest BCUT2D eigenvalue weighted by atomic mass is 16.5. The molecule has 0 fully saturated rings. The van der Waals surface area contributed by atoms with Crippen molar-refractivity contribution in [1.29, 1.82) is 5.26 Å². The summed E-state index contributed by atoms with van der Waals surface area (Å²) in [7, 11) is 1.48. The van der Waals surface area contributed by atoms with Gasteiger partial charge in [-0.1, -0.05) is 5.11 Å². The number of rotatable bonds is 2. The maximum Gasteiger partial charge on any atom is 0.136 e. The number of nitrogens with zero attached hydrogens (tertiary/aromatic N) is 4. The molecule has 1 aromatic carbocycles. The van der Waals surface area contributed by atoms with Gasteiger partial charge in [-0.2, -0.15) is 5.26 Å². The third-order valence-corrected chi connectivity index (χ3v) is 1.46. The van der Waals surface area contributed by atoms with Crippen molar-refractivity contribution in [3.05, 3.63) is 34.2 Å². The van der Waals surface area contributed by atoms with Crippen LogP contribution in [0.15, 0.2) is 23.3 Å². The molecule has 0 aromatic heterocycles. The van der Waals surface area contributed by atoms with Crippen LogP contribution in [0.1, 0.15) is 5.56 Å². The van der Waals surface area contributed by atoms with E-state index in [9.17, 15) is 0 Å². The minimum atomic E-state index is 0.354. The second-order valence-electron chi connectivity index (χ2n) is 2.19. The highest BCUT2D eigenvalue weighted by molar-refractivity contribution is 5.52. The van der Waals surface area contributed by atoms with Gasteiger partial charge in [0.25, 0.3) is 0 Å². The molecule has 0 radical (unpaired) electrons. The number of hydrogen-bond acceptors (Lipinski definition) is 3. The largest absolute Gasteiger partial charge is 0.495 e. The van der Waals surface area contributed by atoms with Crippen molar-refractivity contribution < 1.29 is 4.74 Å². The molecule has 64 valence electrons. The molecular weight excluding hydrogens is 168 g/mol. The van der Waals surface area contributed by atoms with Crippen LogP contribution >= 0.6 is 0 Å². The van der Waals surface area contributed by atoms with Crippen molar-refractivity contribution >= 4 is 5.69 Å². The van der Waals surface area contributed by atoms with Crippen LogP contribution in [-0.4, -0.2) is 7.11 Å². The first-order chi connectivity index (χ1) is 6.31. The van der Waals surface area contributed by atoms with Crippen LogP contribution in [-0.2, 0) is 0 Å². The fraction of sp³-hybridized carbons (Fsp3) is 0.125. The van der Waals surface area contributed by atoms with Gasteiger partial charge in [-0.05, 0) is 23.7 Å². The Morgan fingerprint density at radius 1 is 1.62 bits per heavy atom. The Hall–Kier alpha value is -2.18. The minimum Gasteiger partial charge on any atom is -0.495 e. The summed E-state index contributed by atoms with van der Waals surface area (Å²) in [4.78, 5) is 2.61. The molecule has 0 aliphatic rings. The monoisotopic (exact) mass is 174 g/mol. The van der Waals surface area contributed by atoms with Crippen molar-refractivity contribution in [3.63, 3.8) is 0 Å². The molecule has 0 amide bonds. The molecule has 0 unspecified atom stereocenters. The van der Waals surface area contributed by atoms with Gasteiger partial charge >= 0.3 is 0 Å². The quantitative estimate of drug-likeness (QED) is 0.392. The Kier molecular flexibility index (Phi) is 2.74. The summed E-state index contributed by atoms with van der Waals surface area (Å²) in [6.45, 7) is 0. The predicted molar refractivity (Wildman–Crippen MR) is 46.5 cm³/mol. The molecule has 0 spiro atoms. The number of benzene rings is 1. The SMILES string of the molecule is COc1ccc(N=[N+]=[N-])cc1C#N. The summed E-state index contributed by atoms with van der Waals surface area (Å²) in [5, 5.41) is 12.0. The molecular formula is C8H6N4O. The summed E-state index contributed by atoms with van der Waals surface area (Å²) in [5.41, 5.74) is 8.91. The normalized spacial score (nSPS) is 8.31. The number of nitriles is 1. The minimum absolute atomic E-state index is 0.354. The highest BCUT2D eigenvalue weighted by Crippen LogP contribution is 2.23. The Bertz CT molecular complexity index is 401. The molecule has 0 atom stereocenters. The highest BCUT2D eigenvalue weighted by Gasteiger charge is 2.01. The lowest BCUT2D eigenvalue weighted by atomic mass is 10.2. The Labute approximate surface area is 74.8 Å². The summed E-state index contributed by atoms with van der Waals surface area (Å²) in [6.07, 6.45) is 0. The van der Waals surface area contributed by atoms with E-state index in [4.69, 9.17) is 15.5 Å². The van der Waals surface area contributed by atoms with E-state index < -0.39 is 0 Å². The van der Waals surface area contributed by atoms with Crippen LogP contribution in [0, 0.1) is 11.3 Å². The molecule has 0 aliphatic heterocycles. The lowest BCUT2D eigenvalue weighted by Gasteiger charge is -2.01. The molecule has 0 heterocycles. The van der Waals surface area contributed by atoms with Crippen molar-refractivity contribution in [2.45, 2.75) is 0 Å². The maximum atomic E-state index is 8.68. The number of methoxy groups -OCH3 is 1. The summed E-state index contributed by atoms with van der Waals surface area (Å²) < 4.78 is 4.91. The molecule has 1 aromatic rings. The number of azide groups is 1. The molecule has 0 N–H and O–H groups in total. The van der Waals surface area contributed by atoms with E-state index in [-0.39, 0.29) is 0 Å². The second kappa shape index (κ2) is 4.00. The predicted octanol–water partition coefficient (Wildman–Crippen LogP) is 2.51. The Balaban J connectivity index is 3.22. The molecule has 0 saturated heterocycles. The summed E-state index contributed by atoms with van der Waals surface area (Å²) in [5.74, 6) is 0.472. The van der Waals surface area contributed by atoms with Gasteiger partial charge in [0.15, 0.2) is 0 Å². The molecule has 0 saturated carbocycles. The van der Waals surface area contributed by atoms with Gasteiger partial charge in [0.2, 0.25) is 0 Å². The topological polar surface area (TPSA) is 81.8 Å². The standard InChI is InChI=1S/C8H6N4O/c1-13-8-3-2-7(11-12-10)4-6(8)5-9/h2-4H,1H3. The molecule has 0 bridgehead atoms. The van der Waals surface area contributed by atoms with Crippen molar-refractivity contribution in [2.75, 3.05) is 7.11 Å². The first-order valence-corrected chi connectivity index (χ1v) is 3.45. The van der Waals surface area contributed by atoms with Gasteiger partial charge in [0.1, 0.15) is 11.8 Å². The Morgan fingerprint density at radius 2 is 2.38 bits per heavy atom. The molecule has 5 nitrogen and oxygen atoms in total. The maximum absolute atomic E-state index is 8.68. The average Bonchev–Trinajstić information content (AvgIpc) is 2.18. The van der Waals surface area contributed by atoms with Gasteiger partial charge < -0.3 is 4.74 Å². The third-order valence-electron chi connectivity index (χ3n) is 1.46. The van der Waals surface area contributed by atoms with Gasteiger partial charge in [0, 0.05) is 10.6 Å². The van der Waals surface area contributed by atoms with E-state index in [1.54, 1.807) is 12.1 Å². The van der Waals surface area contributed by atoms with Crippen LogP contribution in [0.2, 0.25) is 0 Å². The van der Waals surface area contributed by atoms with Crippen molar-refractivity contribution in [3.8, 4) is 11.8 Å². The van der Waals surface area contributed by atoms with Gasteiger partial charge in [-0.3, -0.25) is 0 Å². The lowest BCUT2D eigenvalue weighted by molar-refractivity contribution is 0.413. The zero-order chi connectivity index (χ0) is 9.68. The van der Waals surface area contributed by atoms with Gasteiger partial charge in [-0.15, -0.1) is 0 Å². The van der Waals surface area contributed by atoms with E-state index in [2.05, 4.69) is 10.0 Å². The zero-order valence-corrected chi connectivity index (χ0v) is 6.93. The number of hydrogen-bond donors (Lipinski definition) is 0. The van der Waals surface area contributed by atoms with E-state index in [1.807, 2.05) is 6.07 Å². The molecule has 0 aliphatic carbocycles. The summed E-state index contributed by atoms with van der Waals surface area (Å²) >= 11 is 0. The third kappa shape index (κ3) is 1.89. The van der Waals surface area contributed by atoms with Crippen LogP contribution < -0.4 is 4.74 Å². The van der Waals surface area contributed by atoms with Crippen molar-refractivity contribution in [2.24, 2.45) is 5.11 Å². The van der Waals surface area contributed by atoms with E-state index in [0.29, 0.717) is 17.0 Å². The van der Waals surface area contributed by atoms with Gasteiger partial charge in [-0.25, -0.2) is 0 Å². The second-order valence-corrected chi connectivity index (χ2v) is 2.19. The molecule has 5 heteroatoms. The fourth-order valence-electron chi connectivity index (χ4n) is 0.897. The van der Waals surface area contributed by atoms with E-state index in [0.717, 1.165) is 0 Å². The lowest BCUT2D eigenvalue weighted by Crippen LogP contribution is -1.86. The first-order valence-electron chi connectivity index (χ1n) is 3.45. The number of ether oxygens (including phenoxy) is 1. The molecule has 13 heavy (non-hydrogen) atoms. The van der Waals surface area contributed by atoms with Crippen LogP contribution in [0.4, 0.5) is 5.69 Å². The Morgan fingerprint density at radius 3 is 2.92 bits per heavy atom. The van der Waals surface area contributed by atoms with Gasteiger partial charge in [0.05, 0.1) is 12.7 Å². The van der Waals surface area contributed by atoms with Crippen LogP contribution in [0.25, 0.3) is 10.4 Å². The van der Waals surface area contributed by atoms with E-state index in [1.165, 1.54) is 13.2 Å². The van der Waals surface area contributed by atoms with Crippen LogP contribution in [0.5, 0.6) is 5.75 Å². The van der Waals surface area contributed by atoms with E-state index >= 15 is 0 Å². The molecule has 1 rings (SSSR count). The first kappa shape index (κ1) is 8.91. The van der Waals surface area contributed by atoms with Crippen molar-refractivity contribution in [1.82, 2.24) is 0 Å². The smallest absolute Gasteiger partial charge is 0.136 e. The average molecular weight is 174 g/mol. The fourth-order valence-corrected chi connectivity index (χ4v) is 0.897. The zero-order valence-electron chi connectivity index (χ0n) is 6.93. The van der Waals surface area contributed by atoms with Crippen LogP contribution in [0.3, 0.4) is 0 Å². The summed E-state index contributed by atoms with van der Waals surface area (Å²) in [6, 6.07) is 6.58.